The zero-order chi connectivity index (χ0) is 31.2. The standard InChI is InChI=1S/C41H33BN2O2/c1-24-20-27(39-34(21-24)44-33-17-8-6-13-28(33)41(3,4)29-14-11-15-30(42-39)40(29)44)26-22-37-38(46-36-19-10-9-18-35(36)45-37)23-32(26)43-31-16-7-5-12-25(31)2/h5-23,42-43H,1-4H3. The lowest BCUT2D eigenvalue weighted by Crippen LogP contribution is -2.45. The van der Waals surface area contributed by atoms with Crippen LogP contribution in [-0.4, -0.2) is 7.28 Å². The van der Waals surface area contributed by atoms with Crippen molar-refractivity contribution in [1.29, 1.82) is 0 Å². The molecule has 0 radical (unpaired) electrons. The maximum Gasteiger partial charge on any atom is 0.198 e. The maximum absolute atomic E-state index is 6.47. The zero-order valence-corrected chi connectivity index (χ0v) is 26.4. The minimum Gasteiger partial charge on any atom is -0.449 e. The lowest BCUT2D eigenvalue weighted by molar-refractivity contribution is 0.360. The first-order valence-corrected chi connectivity index (χ1v) is 16.0. The van der Waals surface area contributed by atoms with Crippen molar-refractivity contribution in [2.45, 2.75) is 33.1 Å². The van der Waals surface area contributed by atoms with Gasteiger partial charge in [0.1, 0.15) is 0 Å². The van der Waals surface area contributed by atoms with Gasteiger partial charge in [0, 0.05) is 34.1 Å². The van der Waals surface area contributed by atoms with E-state index in [0.717, 1.165) is 35.7 Å². The second-order valence-electron chi connectivity index (χ2n) is 13.2. The highest BCUT2D eigenvalue weighted by molar-refractivity contribution is 6.73. The van der Waals surface area contributed by atoms with Crippen LogP contribution in [0.25, 0.3) is 11.1 Å². The number of aryl methyl sites for hydroxylation is 2. The van der Waals surface area contributed by atoms with Crippen molar-refractivity contribution in [3.63, 3.8) is 0 Å². The molecule has 4 nitrogen and oxygen atoms in total. The number of rotatable bonds is 3. The number of hydrogen-bond donors (Lipinski definition) is 1. The molecule has 3 aliphatic heterocycles. The van der Waals surface area contributed by atoms with E-state index in [2.05, 4.69) is 129 Å². The van der Waals surface area contributed by atoms with Crippen molar-refractivity contribution in [2.75, 3.05) is 10.2 Å². The molecule has 3 aliphatic rings. The first-order valence-electron chi connectivity index (χ1n) is 16.0. The minimum absolute atomic E-state index is 0.0979. The quantitative estimate of drug-likeness (QED) is 0.206. The van der Waals surface area contributed by atoms with Gasteiger partial charge in [0.15, 0.2) is 30.3 Å². The van der Waals surface area contributed by atoms with E-state index in [1.54, 1.807) is 0 Å². The summed E-state index contributed by atoms with van der Waals surface area (Å²) in [5, 5.41) is 3.78. The predicted molar refractivity (Wildman–Crippen MR) is 191 cm³/mol. The smallest absolute Gasteiger partial charge is 0.198 e. The van der Waals surface area contributed by atoms with Crippen LogP contribution >= 0.6 is 0 Å². The predicted octanol–water partition coefficient (Wildman–Crippen LogP) is 9.42. The highest BCUT2D eigenvalue weighted by Crippen LogP contribution is 2.53. The number of benzene rings is 6. The summed E-state index contributed by atoms with van der Waals surface area (Å²) in [6.45, 7) is 9.04. The Bertz CT molecular complexity index is 2240. The van der Waals surface area contributed by atoms with Crippen LogP contribution < -0.4 is 30.6 Å². The van der Waals surface area contributed by atoms with Crippen LogP contribution in [0.3, 0.4) is 0 Å². The average Bonchev–Trinajstić information content (AvgIpc) is 3.06. The van der Waals surface area contributed by atoms with E-state index in [4.69, 9.17) is 9.47 Å². The molecule has 46 heavy (non-hydrogen) atoms. The van der Waals surface area contributed by atoms with Crippen LogP contribution in [0.5, 0.6) is 23.0 Å². The lowest BCUT2D eigenvalue weighted by Gasteiger charge is -2.46. The number of anilines is 5. The third-order valence-electron chi connectivity index (χ3n) is 9.89. The highest BCUT2D eigenvalue weighted by atomic mass is 16.6. The number of fused-ring (bicyclic) bond motifs is 6. The molecule has 0 bridgehead atoms. The molecule has 0 unspecified atom stereocenters. The van der Waals surface area contributed by atoms with Crippen molar-refractivity contribution in [1.82, 2.24) is 0 Å². The molecule has 6 aromatic carbocycles. The first-order chi connectivity index (χ1) is 22.4. The average molecular weight is 597 g/mol. The van der Waals surface area contributed by atoms with Crippen molar-refractivity contribution < 1.29 is 9.47 Å². The molecule has 1 N–H and O–H groups in total. The molecule has 0 saturated heterocycles. The topological polar surface area (TPSA) is 33.7 Å². The van der Waals surface area contributed by atoms with Crippen molar-refractivity contribution in [3.05, 3.63) is 138 Å². The second-order valence-corrected chi connectivity index (χ2v) is 13.2. The highest BCUT2D eigenvalue weighted by Gasteiger charge is 2.41. The molecule has 0 fully saturated rings. The van der Waals surface area contributed by atoms with Crippen LogP contribution in [0.2, 0.25) is 0 Å². The van der Waals surface area contributed by atoms with Crippen LogP contribution in [0, 0.1) is 13.8 Å². The molecule has 6 aromatic rings. The van der Waals surface area contributed by atoms with Gasteiger partial charge in [-0.05, 0) is 83.5 Å². The molecule has 0 aromatic heterocycles. The Labute approximate surface area is 270 Å². The Morgan fingerprint density at radius 3 is 2.11 bits per heavy atom. The van der Waals surface area contributed by atoms with Gasteiger partial charge in [0.25, 0.3) is 0 Å². The largest absolute Gasteiger partial charge is 0.449 e. The van der Waals surface area contributed by atoms with E-state index in [-0.39, 0.29) is 5.41 Å². The fourth-order valence-electron chi connectivity index (χ4n) is 7.59. The van der Waals surface area contributed by atoms with Crippen molar-refractivity contribution in [2.24, 2.45) is 0 Å². The van der Waals surface area contributed by atoms with Gasteiger partial charge in [-0.3, -0.25) is 0 Å². The van der Waals surface area contributed by atoms with E-state index in [1.165, 1.54) is 55.8 Å². The van der Waals surface area contributed by atoms with Gasteiger partial charge in [-0.2, -0.15) is 0 Å². The fraction of sp³-hybridized carbons (Fsp3) is 0.122. The van der Waals surface area contributed by atoms with E-state index in [1.807, 2.05) is 24.3 Å². The Hall–Kier alpha value is -5.42. The van der Waals surface area contributed by atoms with Crippen LogP contribution in [0.1, 0.15) is 36.1 Å². The number of nitrogens with zero attached hydrogens (tertiary/aromatic N) is 1. The summed E-state index contributed by atoms with van der Waals surface area (Å²) in [5.74, 6) is 2.85. The zero-order valence-electron chi connectivity index (χ0n) is 26.4. The summed E-state index contributed by atoms with van der Waals surface area (Å²) < 4.78 is 12.9. The van der Waals surface area contributed by atoms with Gasteiger partial charge < -0.3 is 19.7 Å². The summed E-state index contributed by atoms with van der Waals surface area (Å²) in [4.78, 5) is 2.52. The third kappa shape index (κ3) is 3.94. The van der Waals surface area contributed by atoms with Crippen molar-refractivity contribution in [3.8, 4) is 34.1 Å². The molecule has 5 heteroatoms. The molecular weight excluding hydrogens is 563 g/mol. The molecular formula is C41H33BN2O2. The van der Waals surface area contributed by atoms with Gasteiger partial charge in [-0.15, -0.1) is 0 Å². The van der Waals surface area contributed by atoms with Crippen LogP contribution in [-0.2, 0) is 5.41 Å². The summed E-state index contributed by atoms with van der Waals surface area (Å²) >= 11 is 0. The molecule has 0 saturated carbocycles. The van der Waals surface area contributed by atoms with Gasteiger partial charge in [0.05, 0.1) is 11.4 Å². The SMILES string of the molecule is Cc1cc(-c2cc3c(cc2Nc2ccccc2C)Oc2ccccc2O3)c2c(c1)N1c3ccccc3C(C)(C)c3cccc(c31)B2. The Morgan fingerprint density at radius 2 is 1.30 bits per heavy atom. The number of para-hydroxylation sites is 5. The van der Waals surface area contributed by atoms with Gasteiger partial charge in [-0.25, -0.2) is 0 Å². The summed E-state index contributed by atoms with van der Waals surface area (Å²) in [5.41, 5.74) is 15.8. The Morgan fingerprint density at radius 1 is 0.609 bits per heavy atom. The minimum atomic E-state index is -0.0979. The van der Waals surface area contributed by atoms with E-state index >= 15 is 0 Å². The molecule has 9 rings (SSSR count). The van der Waals surface area contributed by atoms with Crippen LogP contribution in [0.4, 0.5) is 28.4 Å². The first kappa shape index (κ1) is 26.9. The van der Waals surface area contributed by atoms with E-state index in [0.29, 0.717) is 11.5 Å². The normalized spacial score (nSPS) is 14.3. The molecule has 0 atom stereocenters. The van der Waals surface area contributed by atoms with Crippen molar-refractivity contribution >= 4 is 46.6 Å². The van der Waals surface area contributed by atoms with Gasteiger partial charge in [-0.1, -0.05) is 92.1 Å². The number of nitrogens with one attached hydrogen (secondary N) is 1. The maximum atomic E-state index is 6.47. The summed E-state index contributed by atoms with van der Waals surface area (Å²) in [7, 11) is 0.837. The number of ether oxygens (including phenoxy) is 2. The fourth-order valence-corrected chi connectivity index (χ4v) is 7.59. The Balaban J connectivity index is 1.29. The molecule has 3 heterocycles. The van der Waals surface area contributed by atoms with Gasteiger partial charge in [0.2, 0.25) is 0 Å². The van der Waals surface area contributed by atoms with Gasteiger partial charge >= 0.3 is 0 Å². The van der Waals surface area contributed by atoms with E-state index < -0.39 is 0 Å². The number of hydrogen-bond acceptors (Lipinski definition) is 4. The monoisotopic (exact) mass is 596 g/mol. The molecule has 222 valence electrons. The second kappa shape index (κ2) is 9.79. The summed E-state index contributed by atoms with van der Waals surface area (Å²) in [6.07, 6.45) is 0. The lowest BCUT2D eigenvalue weighted by atomic mass is 9.56. The van der Waals surface area contributed by atoms with E-state index in [9.17, 15) is 0 Å². The summed E-state index contributed by atoms with van der Waals surface area (Å²) in [6, 6.07) is 40.9. The molecule has 0 aliphatic carbocycles. The third-order valence-corrected chi connectivity index (χ3v) is 9.89. The Kier molecular flexibility index (Phi) is 5.73. The molecule has 0 spiro atoms. The van der Waals surface area contributed by atoms with Crippen LogP contribution in [0.15, 0.2) is 115 Å². The molecule has 0 amide bonds.